The molecule has 11 heavy (non-hydrogen) atoms. The van der Waals surface area contributed by atoms with Crippen molar-refractivity contribution in [3.8, 4) is 0 Å². The Morgan fingerprint density at radius 1 is 1.45 bits per heavy atom. The molecule has 0 aromatic heterocycles. The Kier molecular flexibility index (Phi) is 3.02. The van der Waals surface area contributed by atoms with Crippen molar-refractivity contribution in [3.05, 3.63) is 0 Å². The summed E-state index contributed by atoms with van der Waals surface area (Å²) in [6, 6.07) is 0. The minimum Gasteiger partial charge on any atom is -0.342 e. The summed E-state index contributed by atoms with van der Waals surface area (Å²) in [6.07, 6.45) is 2.04. The zero-order chi connectivity index (χ0) is 8.27. The van der Waals surface area contributed by atoms with Crippen LogP contribution in [0.5, 0.6) is 0 Å². The molecular formula is C6H11NO3S. The van der Waals surface area contributed by atoms with Crippen molar-refractivity contribution in [2.45, 2.75) is 12.8 Å². The van der Waals surface area contributed by atoms with E-state index in [9.17, 15) is 9.00 Å². The zero-order valence-electron chi connectivity index (χ0n) is 6.15. The molecule has 1 saturated heterocycles. The molecule has 1 amide bonds. The van der Waals surface area contributed by atoms with Gasteiger partial charge in [0.1, 0.15) is 5.75 Å². The Morgan fingerprint density at radius 2 is 2.00 bits per heavy atom. The number of nitrogens with zero attached hydrogens (tertiary/aromatic N) is 1. The van der Waals surface area contributed by atoms with Gasteiger partial charge in [0.05, 0.1) is 0 Å². The summed E-state index contributed by atoms with van der Waals surface area (Å²) in [6.45, 7) is 1.49. The molecule has 1 aliphatic rings. The van der Waals surface area contributed by atoms with Gasteiger partial charge in [-0.15, -0.1) is 0 Å². The average molecular weight is 177 g/mol. The van der Waals surface area contributed by atoms with Crippen molar-refractivity contribution in [2.24, 2.45) is 0 Å². The summed E-state index contributed by atoms with van der Waals surface area (Å²) in [5, 5.41) is 0. The number of rotatable bonds is 2. The molecular weight excluding hydrogens is 166 g/mol. The van der Waals surface area contributed by atoms with Gasteiger partial charge >= 0.3 is 0 Å². The number of hydrogen-bond donors (Lipinski definition) is 1. The lowest BCUT2D eigenvalue weighted by Crippen LogP contribution is -2.31. The molecule has 1 atom stereocenters. The molecule has 64 valence electrons. The Labute approximate surface area is 67.9 Å². The third kappa shape index (κ3) is 2.59. The van der Waals surface area contributed by atoms with Crippen molar-refractivity contribution in [3.63, 3.8) is 0 Å². The average Bonchev–Trinajstić information content (AvgIpc) is 2.35. The van der Waals surface area contributed by atoms with E-state index in [1.54, 1.807) is 4.90 Å². The third-order valence-corrected chi connectivity index (χ3v) is 2.20. The van der Waals surface area contributed by atoms with Gasteiger partial charge in [-0.3, -0.25) is 4.79 Å². The van der Waals surface area contributed by atoms with Crippen LogP contribution in [0, 0.1) is 0 Å². The van der Waals surface area contributed by atoms with Gasteiger partial charge in [-0.25, -0.2) is 4.21 Å². The van der Waals surface area contributed by atoms with Crippen molar-refractivity contribution in [1.29, 1.82) is 0 Å². The van der Waals surface area contributed by atoms with Crippen molar-refractivity contribution >= 4 is 17.0 Å². The molecule has 1 fully saturated rings. The van der Waals surface area contributed by atoms with E-state index in [4.69, 9.17) is 4.55 Å². The minimum atomic E-state index is -1.98. The van der Waals surface area contributed by atoms with Crippen molar-refractivity contribution < 1.29 is 13.6 Å². The van der Waals surface area contributed by atoms with E-state index in [-0.39, 0.29) is 11.7 Å². The maximum Gasteiger partial charge on any atom is 0.237 e. The molecule has 4 nitrogen and oxygen atoms in total. The first-order valence-electron chi connectivity index (χ1n) is 3.55. The normalized spacial score (nSPS) is 20.3. The van der Waals surface area contributed by atoms with E-state index in [1.807, 2.05) is 0 Å². The molecule has 0 spiro atoms. The largest absolute Gasteiger partial charge is 0.342 e. The van der Waals surface area contributed by atoms with Crippen LogP contribution < -0.4 is 0 Å². The van der Waals surface area contributed by atoms with E-state index in [0.717, 1.165) is 25.9 Å². The smallest absolute Gasteiger partial charge is 0.237 e. The van der Waals surface area contributed by atoms with Gasteiger partial charge in [0.15, 0.2) is 11.1 Å². The first-order valence-corrected chi connectivity index (χ1v) is 4.83. The van der Waals surface area contributed by atoms with Gasteiger partial charge in [-0.2, -0.15) is 0 Å². The van der Waals surface area contributed by atoms with E-state index in [0.29, 0.717) is 0 Å². The van der Waals surface area contributed by atoms with Crippen LogP contribution in [0.3, 0.4) is 0 Å². The van der Waals surface area contributed by atoms with Crippen LogP contribution >= 0.6 is 0 Å². The molecule has 1 rings (SSSR count). The number of likely N-dealkylation sites (tertiary alicyclic amines) is 1. The van der Waals surface area contributed by atoms with Crippen LogP contribution in [-0.4, -0.2) is 38.4 Å². The second kappa shape index (κ2) is 3.82. The van der Waals surface area contributed by atoms with E-state index >= 15 is 0 Å². The highest BCUT2D eigenvalue weighted by atomic mass is 32.2. The first kappa shape index (κ1) is 8.67. The lowest BCUT2D eigenvalue weighted by atomic mass is 10.4. The van der Waals surface area contributed by atoms with Crippen LogP contribution in [0.1, 0.15) is 12.8 Å². The summed E-state index contributed by atoms with van der Waals surface area (Å²) in [4.78, 5) is 12.7. The summed E-state index contributed by atoms with van der Waals surface area (Å²) in [7, 11) is 0. The van der Waals surface area contributed by atoms with Crippen molar-refractivity contribution in [2.75, 3.05) is 18.8 Å². The summed E-state index contributed by atoms with van der Waals surface area (Å²) in [5.41, 5.74) is 0. The fourth-order valence-electron chi connectivity index (χ4n) is 1.16. The summed E-state index contributed by atoms with van der Waals surface area (Å²) >= 11 is -1.98. The highest BCUT2D eigenvalue weighted by Crippen LogP contribution is 2.07. The second-order valence-corrected chi connectivity index (χ2v) is 3.49. The van der Waals surface area contributed by atoms with Crippen LogP contribution in [0.2, 0.25) is 0 Å². The Bertz CT molecular complexity index is 177. The van der Waals surface area contributed by atoms with Gasteiger partial charge in [0, 0.05) is 13.1 Å². The molecule has 1 N–H and O–H groups in total. The summed E-state index contributed by atoms with van der Waals surface area (Å²) < 4.78 is 18.6. The number of hydrogen-bond acceptors (Lipinski definition) is 2. The van der Waals surface area contributed by atoms with E-state index in [1.165, 1.54) is 0 Å². The Balaban J connectivity index is 2.34. The molecule has 5 heteroatoms. The SMILES string of the molecule is O=C(CS(=O)O)N1CCCC1. The minimum absolute atomic E-state index is 0.205. The van der Waals surface area contributed by atoms with Gasteiger partial charge in [0.25, 0.3) is 0 Å². The van der Waals surface area contributed by atoms with Crippen LogP contribution in [0.25, 0.3) is 0 Å². The molecule has 0 aromatic carbocycles. The number of carbonyl (C=O) groups excluding carboxylic acids is 1. The molecule has 0 aliphatic carbocycles. The maximum atomic E-state index is 11.0. The maximum absolute atomic E-state index is 11.0. The standard InChI is InChI=1S/C6H11NO3S/c8-6(5-11(9)10)7-3-1-2-4-7/h1-5H2,(H,9,10). The highest BCUT2D eigenvalue weighted by Gasteiger charge is 2.18. The number of amides is 1. The Morgan fingerprint density at radius 3 is 2.45 bits per heavy atom. The third-order valence-electron chi connectivity index (χ3n) is 1.71. The predicted molar refractivity (Wildman–Crippen MR) is 41.5 cm³/mol. The Hall–Kier alpha value is -0.420. The lowest BCUT2D eigenvalue weighted by Gasteiger charge is -2.12. The fourth-order valence-corrected chi connectivity index (χ4v) is 1.56. The molecule has 0 radical (unpaired) electrons. The number of carbonyl (C=O) groups is 1. The molecule has 1 aliphatic heterocycles. The van der Waals surface area contributed by atoms with Gasteiger partial charge in [-0.05, 0) is 12.8 Å². The van der Waals surface area contributed by atoms with Crippen LogP contribution in [0.4, 0.5) is 0 Å². The zero-order valence-corrected chi connectivity index (χ0v) is 6.97. The summed E-state index contributed by atoms with van der Waals surface area (Å²) in [5.74, 6) is -0.455. The fraction of sp³-hybridized carbons (Fsp3) is 0.833. The molecule has 0 bridgehead atoms. The molecule has 1 unspecified atom stereocenters. The van der Waals surface area contributed by atoms with Gasteiger partial charge in [0.2, 0.25) is 5.91 Å². The monoisotopic (exact) mass is 177 g/mol. The first-order chi connectivity index (χ1) is 5.20. The van der Waals surface area contributed by atoms with Crippen LogP contribution in [0.15, 0.2) is 0 Å². The lowest BCUT2D eigenvalue weighted by molar-refractivity contribution is -0.127. The topological polar surface area (TPSA) is 57.6 Å². The van der Waals surface area contributed by atoms with Gasteiger partial charge in [-0.1, -0.05) is 0 Å². The van der Waals surface area contributed by atoms with E-state index < -0.39 is 11.1 Å². The molecule has 0 aromatic rings. The second-order valence-electron chi connectivity index (χ2n) is 2.55. The van der Waals surface area contributed by atoms with E-state index in [2.05, 4.69) is 0 Å². The highest BCUT2D eigenvalue weighted by molar-refractivity contribution is 7.80. The quantitative estimate of drug-likeness (QED) is 0.596. The van der Waals surface area contributed by atoms with Gasteiger partial charge < -0.3 is 9.45 Å². The predicted octanol–water partition coefficient (Wildman–Crippen LogP) is -0.169. The van der Waals surface area contributed by atoms with Crippen LogP contribution in [-0.2, 0) is 15.9 Å². The molecule has 1 heterocycles. The molecule has 0 saturated carbocycles. The van der Waals surface area contributed by atoms with Crippen molar-refractivity contribution in [1.82, 2.24) is 4.90 Å².